The van der Waals surface area contributed by atoms with Crippen LogP contribution in [0.25, 0.3) is 5.95 Å². The lowest BCUT2D eigenvalue weighted by Crippen LogP contribution is -2.08. The maximum Gasteiger partial charge on any atom is 0.322 e. The Morgan fingerprint density at radius 1 is 1.33 bits per heavy atom. The standard InChI is InChI=1S/C11H14ClN5O/c1-8(2)4-7-18-11-15-9(12)14-10(16-11)17-6-3-5-13-17/h3,5-6,8H,4,7H2,1-2H3. The first-order chi connectivity index (χ1) is 8.65. The van der Waals surface area contributed by atoms with E-state index in [-0.39, 0.29) is 11.3 Å². The summed E-state index contributed by atoms with van der Waals surface area (Å²) in [5, 5.41) is 4.12. The van der Waals surface area contributed by atoms with Crippen LogP contribution in [0.1, 0.15) is 20.3 Å². The number of ether oxygens (including phenoxy) is 1. The molecule has 6 nitrogen and oxygen atoms in total. The van der Waals surface area contributed by atoms with E-state index in [1.54, 1.807) is 18.5 Å². The average Bonchev–Trinajstić information content (AvgIpc) is 2.81. The molecule has 2 aromatic rings. The van der Waals surface area contributed by atoms with E-state index in [9.17, 15) is 0 Å². The number of halogens is 1. The normalized spacial score (nSPS) is 10.9. The Labute approximate surface area is 110 Å². The van der Waals surface area contributed by atoms with Gasteiger partial charge >= 0.3 is 6.01 Å². The summed E-state index contributed by atoms with van der Waals surface area (Å²) in [4.78, 5) is 12.0. The smallest absolute Gasteiger partial charge is 0.322 e. The maximum absolute atomic E-state index is 5.83. The van der Waals surface area contributed by atoms with Crippen molar-refractivity contribution in [3.05, 3.63) is 23.7 Å². The molecule has 0 aromatic carbocycles. The van der Waals surface area contributed by atoms with Gasteiger partial charge in [0.25, 0.3) is 5.95 Å². The van der Waals surface area contributed by atoms with Crippen LogP contribution in [-0.4, -0.2) is 31.3 Å². The van der Waals surface area contributed by atoms with E-state index < -0.39 is 0 Å². The van der Waals surface area contributed by atoms with Crippen molar-refractivity contribution in [3.8, 4) is 12.0 Å². The SMILES string of the molecule is CC(C)CCOc1nc(Cl)nc(-n2cccn2)n1. The zero-order valence-electron chi connectivity index (χ0n) is 10.2. The fraction of sp³-hybridized carbons (Fsp3) is 0.455. The van der Waals surface area contributed by atoms with E-state index in [1.807, 2.05) is 0 Å². The second-order valence-corrected chi connectivity index (χ2v) is 4.51. The minimum absolute atomic E-state index is 0.0926. The first-order valence-electron chi connectivity index (χ1n) is 5.69. The molecule has 0 aliphatic rings. The van der Waals surface area contributed by atoms with E-state index in [0.29, 0.717) is 18.5 Å². The molecular formula is C11H14ClN5O. The molecular weight excluding hydrogens is 254 g/mol. The van der Waals surface area contributed by atoms with Gasteiger partial charge < -0.3 is 4.74 Å². The van der Waals surface area contributed by atoms with Crippen LogP contribution in [-0.2, 0) is 0 Å². The molecule has 0 fully saturated rings. The third-order valence-corrected chi connectivity index (χ3v) is 2.38. The van der Waals surface area contributed by atoms with Gasteiger partial charge in [-0.3, -0.25) is 0 Å². The summed E-state index contributed by atoms with van der Waals surface area (Å²) in [6.07, 6.45) is 4.29. The monoisotopic (exact) mass is 267 g/mol. The summed E-state index contributed by atoms with van der Waals surface area (Å²) >= 11 is 5.83. The Balaban J connectivity index is 2.12. The summed E-state index contributed by atoms with van der Waals surface area (Å²) in [7, 11) is 0. The van der Waals surface area contributed by atoms with Crippen molar-refractivity contribution < 1.29 is 4.74 Å². The fourth-order valence-electron chi connectivity index (χ4n) is 1.26. The summed E-state index contributed by atoms with van der Waals surface area (Å²) in [6, 6.07) is 2.00. The second-order valence-electron chi connectivity index (χ2n) is 4.17. The Kier molecular flexibility index (Phi) is 4.09. The first kappa shape index (κ1) is 12.8. The van der Waals surface area contributed by atoms with Crippen molar-refractivity contribution >= 4 is 11.6 Å². The van der Waals surface area contributed by atoms with E-state index >= 15 is 0 Å². The van der Waals surface area contributed by atoms with Crippen molar-refractivity contribution in [2.45, 2.75) is 20.3 Å². The maximum atomic E-state index is 5.83. The molecule has 18 heavy (non-hydrogen) atoms. The lowest BCUT2D eigenvalue weighted by Gasteiger charge is -2.07. The van der Waals surface area contributed by atoms with Crippen LogP contribution >= 0.6 is 11.6 Å². The molecule has 0 aliphatic carbocycles. The van der Waals surface area contributed by atoms with Crippen LogP contribution < -0.4 is 4.74 Å². The molecule has 0 unspecified atom stereocenters. The van der Waals surface area contributed by atoms with E-state index in [0.717, 1.165) is 6.42 Å². The third-order valence-electron chi connectivity index (χ3n) is 2.21. The largest absolute Gasteiger partial charge is 0.463 e. The summed E-state index contributed by atoms with van der Waals surface area (Å²) in [6.45, 7) is 4.80. The minimum atomic E-state index is 0.0926. The highest BCUT2D eigenvalue weighted by Gasteiger charge is 2.08. The molecule has 2 aromatic heterocycles. The Morgan fingerprint density at radius 2 is 2.17 bits per heavy atom. The minimum Gasteiger partial charge on any atom is -0.463 e. The van der Waals surface area contributed by atoms with Crippen molar-refractivity contribution in [2.24, 2.45) is 5.92 Å². The van der Waals surface area contributed by atoms with Gasteiger partial charge in [0.1, 0.15) is 0 Å². The van der Waals surface area contributed by atoms with Gasteiger partial charge in [0, 0.05) is 12.4 Å². The predicted molar refractivity (Wildman–Crippen MR) is 66.9 cm³/mol. The number of nitrogens with zero attached hydrogens (tertiary/aromatic N) is 5. The van der Waals surface area contributed by atoms with Crippen LogP contribution in [0.4, 0.5) is 0 Å². The summed E-state index contributed by atoms with van der Waals surface area (Å²) in [5.41, 5.74) is 0. The highest BCUT2D eigenvalue weighted by Crippen LogP contribution is 2.11. The van der Waals surface area contributed by atoms with Gasteiger partial charge in [-0.15, -0.1) is 0 Å². The number of aromatic nitrogens is 5. The lowest BCUT2D eigenvalue weighted by molar-refractivity contribution is 0.267. The Morgan fingerprint density at radius 3 is 2.83 bits per heavy atom. The lowest BCUT2D eigenvalue weighted by atomic mass is 10.1. The molecule has 0 N–H and O–H groups in total. The van der Waals surface area contributed by atoms with Gasteiger partial charge in [-0.1, -0.05) is 13.8 Å². The highest BCUT2D eigenvalue weighted by molar-refractivity contribution is 6.28. The molecule has 0 atom stereocenters. The third kappa shape index (κ3) is 3.40. The molecule has 0 radical (unpaired) electrons. The zero-order chi connectivity index (χ0) is 13.0. The first-order valence-corrected chi connectivity index (χ1v) is 6.07. The van der Waals surface area contributed by atoms with Crippen LogP contribution in [0.15, 0.2) is 18.5 Å². The molecule has 0 saturated heterocycles. The summed E-state index contributed by atoms with van der Waals surface area (Å²) in [5.74, 6) is 0.910. The van der Waals surface area contributed by atoms with Gasteiger partial charge in [0.2, 0.25) is 5.28 Å². The zero-order valence-corrected chi connectivity index (χ0v) is 11.0. The number of hydrogen-bond acceptors (Lipinski definition) is 5. The molecule has 0 bridgehead atoms. The van der Waals surface area contributed by atoms with E-state index in [4.69, 9.17) is 16.3 Å². The molecule has 0 saturated carbocycles. The van der Waals surface area contributed by atoms with Crippen LogP contribution in [0.3, 0.4) is 0 Å². The summed E-state index contributed by atoms with van der Waals surface area (Å²) < 4.78 is 6.95. The predicted octanol–water partition coefficient (Wildman–Crippen LogP) is 2.14. The molecule has 2 heterocycles. The van der Waals surface area contributed by atoms with E-state index in [2.05, 4.69) is 33.9 Å². The van der Waals surface area contributed by atoms with Crippen LogP contribution in [0.5, 0.6) is 6.01 Å². The van der Waals surface area contributed by atoms with Crippen molar-refractivity contribution in [1.82, 2.24) is 24.7 Å². The molecule has 96 valence electrons. The highest BCUT2D eigenvalue weighted by atomic mass is 35.5. The Bertz CT molecular complexity index is 500. The number of hydrogen-bond donors (Lipinski definition) is 0. The topological polar surface area (TPSA) is 65.7 Å². The van der Waals surface area contributed by atoms with Gasteiger partial charge in [-0.05, 0) is 30.0 Å². The van der Waals surface area contributed by atoms with Crippen LogP contribution in [0.2, 0.25) is 5.28 Å². The Hall–Kier alpha value is -1.69. The van der Waals surface area contributed by atoms with Crippen molar-refractivity contribution in [2.75, 3.05) is 6.61 Å². The quantitative estimate of drug-likeness (QED) is 0.830. The number of rotatable bonds is 5. The average molecular weight is 268 g/mol. The van der Waals surface area contributed by atoms with Gasteiger partial charge in [0.15, 0.2) is 0 Å². The van der Waals surface area contributed by atoms with Gasteiger partial charge in [-0.25, -0.2) is 4.68 Å². The van der Waals surface area contributed by atoms with E-state index in [1.165, 1.54) is 4.68 Å². The molecule has 0 amide bonds. The second kappa shape index (κ2) is 5.77. The van der Waals surface area contributed by atoms with Crippen molar-refractivity contribution in [3.63, 3.8) is 0 Å². The van der Waals surface area contributed by atoms with Crippen molar-refractivity contribution in [1.29, 1.82) is 0 Å². The molecule has 2 rings (SSSR count). The molecule has 7 heteroatoms. The van der Waals surface area contributed by atoms with Gasteiger partial charge in [0.05, 0.1) is 6.61 Å². The fourth-order valence-corrected chi connectivity index (χ4v) is 1.41. The molecule has 0 spiro atoms. The molecule has 0 aliphatic heterocycles. The van der Waals surface area contributed by atoms with Crippen LogP contribution in [0, 0.1) is 5.92 Å². The van der Waals surface area contributed by atoms with Gasteiger partial charge in [-0.2, -0.15) is 20.1 Å².